The van der Waals surface area contributed by atoms with Gasteiger partial charge in [0.2, 0.25) is 0 Å². The Morgan fingerprint density at radius 2 is 2.14 bits per heavy atom. The molecule has 2 amide bonds. The van der Waals surface area contributed by atoms with E-state index in [-0.39, 0.29) is 6.03 Å². The third kappa shape index (κ3) is 4.70. The Morgan fingerprint density at radius 1 is 1.33 bits per heavy atom. The number of anilines is 1. The van der Waals surface area contributed by atoms with Gasteiger partial charge in [0.15, 0.2) is 0 Å². The molecule has 5 heteroatoms. The number of nitrogens with one attached hydrogen (secondary N) is 1. The fourth-order valence-corrected chi connectivity index (χ4v) is 2.55. The zero-order valence-electron chi connectivity index (χ0n) is 12.1. The van der Waals surface area contributed by atoms with Gasteiger partial charge in [-0.1, -0.05) is 6.07 Å². The Hall–Kier alpha value is -1.63. The number of aryl methyl sites for hydroxylation is 1. The first-order valence-corrected chi connectivity index (χ1v) is 7.82. The van der Waals surface area contributed by atoms with Gasteiger partial charge in [0.25, 0.3) is 0 Å². The highest BCUT2D eigenvalue weighted by molar-refractivity contribution is 14.1. The summed E-state index contributed by atoms with van der Waals surface area (Å²) in [6, 6.07) is 11.7. The summed E-state index contributed by atoms with van der Waals surface area (Å²) >= 11 is 2.26. The summed E-state index contributed by atoms with van der Waals surface area (Å²) in [6.07, 6.45) is 2.51. The quantitative estimate of drug-likeness (QED) is 0.803. The first-order valence-electron chi connectivity index (χ1n) is 6.74. The largest absolute Gasteiger partial charge is 0.327 e. The van der Waals surface area contributed by atoms with E-state index in [9.17, 15) is 4.79 Å². The van der Waals surface area contributed by atoms with Gasteiger partial charge in [-0.2, -0.15) is 0 Å². The molecule has 1 N–H and O–H groups in total. The van der Waals surface area contributed by atoms with Crippen LogP contribution in [0.5, 0.6) is 0 Å². The van der Waals surface area contributed by atoms with Crippen molar-refractivity contribution < 1.29 is 4.79 Å². The molecule has 0 bridgehead atoms. The maximum Gasteiger partial charge on any atom is 0.321 e. The normalized spacial score (nSPS) is 10.2. The number of halogens is 1. The molecule has 0 saturated carbocycles. The van der Waals surface area contributed by atoms with Crippen molar-refractivity contribution in [1.29, 1.82) is 0 Å². The molecule has 0 atom stereocenters. The number of amides is 2. The number of benzene rings is 1. The number of aromatic nitrogens is 1. The van der Waals surface area contributed by atoms with Crippen LogP contribution < -0.4 is 5.32 Å². The van der Waals surface area contributed by atoms with E-state index in [4.69, 9.17) is 0 Å². The molecule has 0 fully saturated rings. The van der Waals surface area contributed by atoms with Crippen LogP contribution in [0.2, 0.25) is 0 Å². The minimum atomic E-state index is -0.102. The highest BCUT2D eigenvalue weighted by Gasteiger charge is 2.10. The molecule has 1 heterocycles. The Kier molecular flexibility index (Phi) is 5.55. The molecule has 0 saturated heterocycles. The lowest BCUT2D eigenvalue weighted by Gasteiger charge is -2.18. The molecule has 0 aliphatic rings. The van der Waals surface area contributed by atoms with Crippen LogP contribution in [0.4, 0.5) is 10.5 Å². The van der Waals surface area contributed by atoms with Gasteiger partial charge in [-0.05, 0) is 65.4 Å². The predicted octanol–water partition coefficient (Wildman–Crippen LogP) is 3.70. The lowest BCUT2D eigenvalue weighted by molar-refractivity contribution is 0.223. The van der Waals surface area contributed by atoms with Crippen LogP contribution in [0.3, 0.4) is 0 Å². The van der Waals surface area contributed by atoms with Gasteiger partial charge in [-0.3, -0.25) is 4.98 Å². The number of rotatable bonds is 4. The maximum atomic E-state index is 12.2. The summed E-state index contributed by atoms with van der Waals surface area (Å²) in [7, 11) is 1.79. The molecule has 110 valence electrons. The topological polar surface area (TPSA) is 45.2 Å². The molecule has 4 nitrogen and oxygen atoms in total. The summed E-state index contributed by atoms with van der Waals surface area (Å²) in [6.45, 7) is 2.62. The predicted molar refractivity (Wildman–Crippen MR) is 93.5 cm³/mol. The number of carbonyl (C=O) groups excluding carboxylic acids is 1. The van der Waals surface area contributed by atoms with Crippen molar-refractivity contribution in [2.24, 2.45) is 0 Å². The molecular weight excluding hydrogens is 377 g/mol. The monoisotopic (exact) mass is 395 g/mol. The molecule has 2 aromatic rings. The minimum absolute atomic E-state index is 0.102. The summed E-state index contributed by atoms with van der Waals surface area (Å²) in [5.74, 6) is 0. The number of hydrogen-bond donors (Lipinski definition) is 1. The number of nitrogens with zero attached hydrogens (tertiary/aromatic N) is 2. The maximum absolute atomic E-state index is 12.2. The Bertz CT molecular complexity index is 616. The second-order valence-electron chi connectivity index (χ2n) is 4.88. The highest BCUT2D eigenvalue weighted by Crippen LogP contribution is 2.18. The van der Waals surface area contributed by atoms with E-state index < -0.39 is 0 Å². The van der Waals surface area contributed by atoms with Gasteiger partial charge < -0.3 is 10.2 Å². The zero-order valence-corrected chi connectivity index (χ0v) is 14.3. The van der Waals surface area contributed by atoms with E-state index in [1.165, 1.54) is 0 Å². The smallest absolute Gasteiger partial charge is 0.321 e. The number of carbonyl (C=O) groups is 1. The molecular formula is C16H18IN3O. The van der Waals surface area contributed by atoms with Gasteiger partial charge >= 0.3 is 6.03 Å². The van der Waals surface area contributed by atoms with Crippen molar-refractivity contribution in [1.82, 2.24) is 9.88 Å². The summed E-state index contributed by atoms with van der Waals surface area (Å²) in [4.78, 5) is 18.1. The zero-order chi connectivity index (χ0) is 15.2. The van der Waals surface area contributed by atoms with Crippen molar-refractivity contribution in [3.63, 3.8) is 0 Å². The van der Waals surface area contributed by atoms with E-state index in [2.05, 4.69) is 32.9 Å². The van der Waals surface area contributed by atoms with Gasteiger partial charge in [0.05, 0.1) is 0 Å². The summed E-state index contributed by atoms with van der Waals surface area (Å²) in [5.41, 5.74) is 2.90. The van der Waals surface area contributed by atoms with Crippen LogP contribution in [0.25, 0.3) is 0 Å². The van der Waals surface area contributed by atoms with Crippen LogP contribution in [0.1, 0.15) is 11.3 Å². The number of pyridine rings is 1. The highest BCUT2D eigenvalue weighted by atomic mass is 127. The van der Waals surface area contributed by atoms with E-state index >= 15 is 0 Å². The summed E-state index contributed by atoms with van der Waals surface area (Å²) < 4.78 is 1.16. The number of hydrogen-bond acceptors (Lipinski definition) is 2. The van der Waals surface area contributed by atoms with Crippen molar-refractivity contribution in [2.75, 3.05) is 18.9 Å². The van der Waals surface area contributed by atoms with Gasteiger partial charge in [0, 0.05) is 41.2 Å². The van der Waals surface area contributed by atoms with Crippen LogP contribution in [-0.2, 0) is 6.42 Å². The average Bonchev–Trinajstić information content (AvgIpc) is 2.48. The lowest BCUT2D eigenvalue weighted by Crippen LogP contribution is -2.33. The summed E-state index contributed by atoms with van der Waals surface area (Å²) in [5, 5.41) is 2.94. The molecule has 0 unspecified atom stereocenters. The van der Waals surface area contributed by atoms with E-state index in [0.29, 0.717) is 6.54 Å². The molecule has 21 heavy (non-hydrogen) atoms. The average molecular weight is 395 g/mol. The SMILES string of the molecule is Cc1cc(I)ccc1NC(=O)N(C)CCc1ccccn1. The Morgan fingerprint density at radius 3 is 2.81 bits per heavy atom. The molecule has 0 aliphatic carbocycles. The van der Waals surface area contributed by atoms with Crippen molar-refractivity contribution in [3.8, 4) is 0 Å². The van der Waals surface area contributed by atoms with Crippen LogP contribution in [-0.4, -0.2) is 29.5 Å². The van der Waals surface area contributed by atoms with Gasteiger partial charge in [0.1, 0.15) is 0 Å². The van der Waals surface area contributed by atoms with Crippen LogP contribution in [0.15, 0.2) is 42.6 Å². The second kappa shape index (κ2) is 7.40. The number of urea groups is 1. The Balaban J connectivity index is 1.90. The fourth-order valence-electron chi connectivity index (χ4n) is 1.91. The fraction of sp³-hybridized carbons (Fsp3) is 0.250. The van der Waals surface area contributed by atoms with Crippen molar-refractivity contribution >= 4 is 34.3 Å². The van der Waals surface area contributed by atoms with Crippen LogP contribution >= 0.6 is 22.6 Å². The molecule has 2 rings (SSSR count). The second-order valence-corrected chi connectivity index (χ2v) is 6.13. The Labute approximate surface area is 138 Å². The van der Waals surface area contributed by atoms with Gasteiger partial charge in [-0.15, -0.1) is 0 Å². The van der Waals surface area contributed by atoms with Crippen LogP contribution in [0, 0.1) is 10.5 Å². The molecule has 0 radical (unpaired) electrons. The first kappa shape index (κ1) is 15.8. The molecule has 0 spiro atoms. The van der Waals surface area contributed by atoms with E-state index in [0.717, 1.165) is 26.9 Å². The van der Waals surface area contributed by atoms with Crippen molar-refractivity contribution in [2.45, 2.75) is 13.3 Å². The molecule has 1 aromatic heterocycles. The first-order chi connectivity index (χ1) is 10.1. The van der Waals surface area contributed by atoms with Gasteiger partial charge in [-0.25, -0.2) is 4.79 Å². The van der Waals surface area contributed by atoms with Crippen molar-refractivity contribution in [3.05, 3.63) is 57.4 Å². The lowest BCUT2D eigenvalue weighted by atomic mass is 10.2. The molecule has 0 aliphatic heterocycles. The standard InChI is InChI=1S/C16H18IN3O/c1-12-11-13(17)6-7-15(12)19-16(21)20(2)10-8-14-5-3-4-9-18-14/h3-7,9,11H,8,10H2,1-2H3,(H,19,21). The minimum Gasteiger partial charge on any atom is -0.327 e. The van der Waals surface area contributed by atoms with E-state index in [1.54, 1.807) is 18.1 Å². The molecule has 1 aromatic carbocycles. The third-order valence-corrected chi connectivity index (χ3v) is 3.88. The third-order valence-electron chi connectivity index (χ3n) is 3.21. The van der Waals surface area contributed by atoms with E-state index in [1.807, 2.05) is 43.3 Å². The number of likely N-dealkylation sites (N-methyl/N-ethyl adjacent to an activating group) is 1.